The van der Waals surface area contributed by atoms with Gasteiger partial charge in [0.2, 0.25) is 0 Å². The van der Waals surface area contributed by atoms with Crippen LogP contribution in [0.5, 0.6) is 5.75 Å². The Kier molecular flexibility index (Phi) is 6.66. The summed E-state index contributed by atoms with van der Waals surface area (Å²) in [5, 5.41) is 15.3. The minimum absolute atomic E-state index is 0.229. The van der Waals surface area contributed by atoms with E-state index in [9.17, 15) is 9.90 Å². The highest BCUT2D eigenvalue weighted by Gasteiger charge is 2.22. The maximum atomic E-state index is 12.7. The van der Waals surface area contributed by atoms with Crippen LogP contribution in [0.2, 0.25) is 0 Å². The fourth-order valence-corrected chi connectivity index (χ4v) is 4.01. The SMILES string of the molecule is COc1cccc(Cc2nc3c(cnn3C(CCCc3ccccc3)C(C)O)c(=O)[nH]2)c1. The Morgan fingerprint density at radius 1 is 1.12 bits per heavy atom. The van der Waals surface area contributed by atoms with E-state index in [0.29, 0.717) is 23.3 Å². The predicted molar refractivity (Wildman–Crippen MR) is 124 cm³/mol. The zero-order valence-electron chi connectivity index (χ0n) is 18.4. The first-order chi connectivity index (χ1) is 15.5. The van der Waals surface area contributed by atoms with Crippen LogP contribution in [0.1, 0.15) is 42.8 Å². The maximum Gasteiger partial charge on any atom is 0.262 e. The summed E-state index contributed by atoms with van der Waals surface area (Å²) in [4.78, 5) is 20.3. The Bertz CT molecular complexity index is 1230. The van der Waals surface area contributed by atoms with Crippen molar-refractivity contribution in [3.8, 4) is 5.75 Å². The van der Waals surface area contributed by atoms with Crippen molar-refractivity contribution in [2.75, 3.05) is 7.11 Å². The summed E-state index contributed by atoms with van der Waals surface area (Å²) in [6, 6.07) is 17.7. The molecular weight excluding hydrogens is 404 g/mol. The summed E-state index contributed by atoms with van der Waals surface area (Å²) in [7, 11) is 1.62. The highest BCUT2D eigenvalue weighted by molar-refractivity contribution is 5.73. The lowest BCUT2D eigenvalue weighted by Gasteiger charge is -2.21. The zero-order chi connectivity index (χ0) is 22.5. The van der Waals surface area contributed by atoms with E-state index in [1.165, 1.54) is 11.8 Å². The molecule has 2 heterocycles. The van der Waals surface area contributed by atoms with Crippen LogP contribution < -0.4 is 10.3 Å². The average molecular weight is 433 g/mol. The molecule has 4 rings (SSSR count). The van der Waals surface area contributed by atoms with E-state index in [2.05, 4.69) is 22.2 Å². The summed E-state index contributed by atoms with van der Waals surface area (Å²) in [5.41, 5.74) is 2.51. The molecule has 32 heavy (non-hydrogen) atoms. The molecule has 0 saturated heterocycles. The number of aromatic amines is 1. The van der Waals surface area contributed by atoms with Gasteiger partial charge in [-0.05, 0) is 49.4 Å². The van der Waals surface area contributed by atoms with Gasteiger partial charge in [-0.15, -0.1) is 0 Å². The number of nitrogens with zero attached hydrogens (tertiary/aromatic N) is 3. The number of rotatable bonds is 9. The first-order valence-corrected chi connectivity index (χ1v) is 10.9. The quantitative estimate of drug-likeness (QED) is 0.421. The molecule has 4 aromatic rings. The molecular formula is C25H28N4O3. The van der Waals surface area contributed by atoms with Gasteiger partial charge in [-0.3, -0.25) is 4.79 Å². The molecule has 2 aromatic heterocycles. The van der Waals surface area contributed by atoms with Gasteiger partial charge < -0.3 is 14.8 Å². The van der Waals surface area contributed by atoms with E-state index in [1.54, 1.807) is 18.7 Å². The maximum absolute atomic E-state index is 12.7. The molecule has 2 unspecified atom stereocenters. The molecule has 0 radical (unpaired) electrons. The van der Waals surface area contributed by atoms with Gasteiger partial charge >= 0.3 is 0 Å². The Labute approximate surface area is 186 Å². The van der Waals surface area contributed by atoms with Crippen LogP contribution in [0.25, 0.3) is 11.0 Å². The average Bonchev–Trinajstić information content (AvgIpc) is 3.21. The number of aliphatic hydroxyl groups excluding tert-OH is 1. The van der Waals surface area contributed by atoms with E-state index in [4.69, 9.17) is 9.72 Å². The van der Waals surface area contributed by atoms with Crippen molar-refractivity contribution in [2.45, 2.75) is 44.8 Å². The second kappa shape index (κ2) is 9.78. The number of fused-ring (bicyclic) bond motifs is 1. The van der Waals surface area contributed by atoms with Crippen LogP contribution in [-0.2, 0) is 12.8 Å². The second-order valence-electron chi connectivity index (χ2n) is 8.05. The minimum Gasteiger partial charge on any atom is -0.497 e. The van der Waals surface area contributed by atoms with Gasteiger partial charge in [-0.1, -0.05) is 42.5 Å². The largest absolute Gasteiger partial charge is 0.497 e. The molecule has 0 saturated carbocycles. The van der Waals surface area contributed by atoms with Crippen molar-refractivity contribution in [2.24, 2.45) is 0 Å². The van der Waals surface area contributed by atoms with Gasteiger partial charge in [-0.2, -0.15) is 5.10 Å². The van der Waals surface area contributed by atoms with E-state index in [0.717, 1.165) is 30.6 Å². The van der Waals surface area contributed by atoms with Gasteiger partial charge in [0, 0.05) is 6.42 Å². The third-order valence-corrected chi connectivity index (χ3v) is 5.70. The summed E-state index contributed by atoms with van der Waals surface area (Å²) < 4.78 is 6.99. The fourth-order valence-electron chi connectivity index (χ4n) is 4.01. The van der Waals surface area contributed by atoms with E-state index < -0.39 is 6.10 Å². The van der Waals surface area contributed by atoms with Gasteiger partial charge in [0.15, 0.2) is 5.65 Å². The third kappa shape index (κ3) is 4.89. The Hall–Kier alpha value is -3.45. The number of hydrogen-bond acceptors (Lipinski definition) is 5. The van der Waals surface area contributed by atoms with Crippen LogP contribution in [0.4, 0.5) is 0 Å². The van der Waals surface area contributed by atoms with Crippen molar-refractivity contribution in [1.82, 2.24) is 19.7 Å². The van der Waals surface area contributed by atoms with Crippen LogP contribution in [0, 0.1) is 0 Å². The molecule has 7 nitrogen and oxygen atoms in total. The molecule has 2 atom stereocenters. The lowest BCUT2D eigenvalue weighted by Crippen LogP contribution is -2.24. The van der Waals surface area contributed by atoms with Crippen LogP contribution in [0.3, 0.4) is 0 Å². The number of methoxy groups -OCH3 is 1. The number of H-pyrrole nitrogens is 1. The molecule has 2 N–H and O–H groups in total. The molecule has 0 fully saturated rings. The summed E-state index contributed by atoms with van der Waals surface area (Å²) in [6.45, 7) is 1.75. The van der Waals surface area contributed by atoms with Crippen molar-refractivity contribution < 1.29 is 9.84 Å². The molecule has 0 aliphatic rings. The Morgan fingerprint density at radius 3 is 2.66 bits per heavy atom. The standard InChI is InChI=1S/C25H28N4O3/c1-17(30)22(13-7-10-18-8-4-3-5-9-18)29-24-21(16-26-29)25(31)28-23(27-24)15-19-11-6-12-20(14-19)32-2/h3-6,8-9,11-12,14,16-17,22,30H,7,10,13,15H2,1-2H3,(H,27,28,31). The number of benzene rings is 2. The third-order valence-electron chi connectivity index (χ3n) is 5.70. The van der Waals surface area contributed by atoms with E-state index >= 15 is 0 Å². The highest BCUT2D eigenvalue weighted by Crippen LogP contribution is 2.23. The van der Waals surface area contributed by atoms with Crippen LogP contribution in [0.15, 0.2) is 65.6 Å². The topological polar surface area (TPSA) is 93.0 Å². The predicted octanol–water partition coefficient (Wildman–Crippen LogP) is 3.66. The van der Waals surface area contributed by atoms with Crippen LogP contribution in [-0.4, -0.2) is 38.1 Å². The summed E-state index contributed by atoms with van der Waals surface area (Å²) >= 11 is 0. The molecule has 0 spiro atoms. The molecule has 7 heteroatoms. The molecule has 0 bridgehead atoms. The number of aryl methyl sites for hydroxylation is 1. The van der Waals surface area contributed by atoms with Gasteiger partial charge in [0.25, 0.3) is 5.56 Å². The highest BCUT2D eigenvalue weighted by atomic mass is 16.5. The van der Waals surface area contributed by atoms with E-state index in [-0.39, 0.29) is 11.6 Å². The molecule has 2 aromatic carbocycles. The fraction of sp³-hybridized carbons (Fsp3) is 0.320. The van der Waals surface area contributed by atoms with Crippen molar-refractivity contribution in [3.63, 3.8) is 0 Å². The number of ether oxygens (including phenoxy) is 1. The van der Waals surface area contributed by atoms with Gasteiger partial charge in [-0.25, -0.2) is 9.67 Å². The molecule has 0 aliphatic heterocycles. The number of aliphatic hydroxyl groups is 1. The Morgan fingerprint density at radius 2 is 1.91 bits per heavy atom. The first-order valence-electron chi connectivity index (χ1n) is 10.9. The van der Waals surface area contributed by atoms with Crippen molar-refractivity contribution in [3.05, 3.63) is 88.1 Å². The van der Waals surface area contributed by atoms with Crippen LogP contribution >= 0.6 is 0 Å². The minimum atomic E-state index is -0.628. The number of aromatic nitrogens is 4. The second-order valence-corrected chi connectivity index (χ2v) is 8.05. The van der Waals surface area contributed by atoms with Crippen molar-refractivity contribution >= 4 is 11.0 Å². The monoisotopic (exact) mass is 432 g/mol. The summed E-state index contributed by atoms with van der Waals surface area (Å²) in [6.07, 6.45) is 3.89. The van der Waals surface area contributed by atoms with Gasteiger partial charge in [0.05, 0.1) is 25.5 Å². The normalized spacial score (nSPS) is 13.2. The molecule has 166 valence electrons. The first kappa shape index (κ1) is 21.8. The molecule has 0 amide bonds. The number of hydrogen-bond donors (Lipinski definition) is 2. The lowest BCUT2D eigenvalue weighted by molar-refractivity contribution is 0.118. The van der Waals surface area contributed by atoms with Crippen molar-refractivity contribution in [1.29, 1.82) is 0 Å². The Balaban J connectivity index is 1.59. The zero-order valence-corrected chi connectivity index (χ0v) is 18.4. The van der Waals surface area contributed by atoms with E-state index in [1.807, 2.05) is 42.5 Å². The number of nitrogens with one attached hydrogen (secondary N) is 1. The lowest BCUT2D eigenvalue weighted by atomic mass is 10.0. The molecule has 0 aliphatic carbocycles. The van der Waals surface area contributed by atoms with Gasteiger partial charge in [0.1, 0.15) is 17.0 Å². The summed E-state index contributed by atoms with van der Waals surface area (Å²) in [5.74, 6) is 1.30. The smallest absolute Gasteiger partial charge is 0.262 e.